The second kappa shape index (κ2) is 10.4. The number of hydrogen-bond acceptors (Lipinski definition) is 2. The Morgan fingerprint density at radius 3 is 2.56 bits per heavy atom. The van der Waals surface area contributed by atoms with Gasteiger partial charge in [-0.1, -0.05) is 59.6 Å². The molecule has 0 aromatic heterocycles. The smallest absolute Gasteiger partial charge is 0.191 e. The number of benzene rings is 2. The van der Waals surface area contributed by atoms with E-state index in [9.17, 15) is 4.21 Å². The molecule has 1 unspecified atom stereocenters. The molecule has 25 heavy (non-hydrogen) atoms. The van der Waals surface area contributed by atoms with Crippen molar-refractivity contribution in [1.82, 2.24) is 10.6 Å². The van der Waals surface area contributed by atoms with E-state index in [1.54, 1.807) is 19.2 Å². The summed E-state index contributed by atoms with van der Waals surface area (Å²) < 4.78 is 12.1. The average Bonchev–Trinajstić information content (AvgIpc) is 2.60. The minimum absolute atomic E-state index is 0.531. The van der Waals surface area contributed by atoms with Crippen LogP contribution in [0.15, 0.2) is 53.5 Å². The van der Waals surface area contributed by atoms with Gasteiger partial charge in [0.2, 0.25) is 0 Å². The molecule has 134 valence electrons. The number of rotatable bonds is 7. The van der Waals surface area contributed by atoms with E-state index in [0.29, 0.717) is 40.6 Å². The fraction of sp³-hybridized carbons (Fsp3) is 0.278. The maximum absolute atomic E-state index is 12.1. The monoisotopic (exact) mass is 397 g/mol. The molecule has 2 aromatic rings. The molecule has 4 nitrogen and oxygen atoms in total. The Bertz CT molecular complexity index is 738. The molecule has 0 saturated carbocycles. The third-order valence-corrected chi connectivity index (χ3v) is 5.38. The quantitative estimate of drug-likeness (QED) is 0.554. The Balaban J connectivity index is 1.74. The van der Waals surface area contributed by atoms with Crippen LogP contribution in [0.1, 0.15) is 11.1 Å². The van der Waals surface area contributed by atoms with Crippen molar-refractivity contribution in [2.45, 2.75) is 12.3 Å². The van der Waals surface area contributed by atoms with Gasteiger partial charge in [0.05, 0.1) is 0 Å². The zero-order chi connectivity index (χ0) is 18.1. The Morgan fingerprint density at radius 2 is 1.88 bits per heavy atom. The number of guanidine groups is 1. The minimum Gasteiger partial charge on any atom is -0.355 e. The molecule has 0 fully saturated rings. The Morgan fingerprint density at radius 1 is 1.12 bits per heavy atom. The number of nitrogens with zero attached hydrogens (tertiary/aromatic N) is 1. The van der Waals surface area contributed by atoms with E-state index in [0.717, 1.165) is 11.1 Å². The first-order valence-corrected chi connectivity index (χ1v) is 10.1. The van der Waals surface area contributed by atoms with Gasteiger partial charge in [0, 0.05) is 52.5 Å². The van der Waals surface area contributed by atoms with Gasteiger partial charge in [0.1, 0.15) is 0 Å². The average molecular weight is 398 g/mol. The Kier molecular flexibility index (Phi) is 8.25. The molecule has 2 aromatic carbocycles. The lowest BCUT2D eigenvalue weighted by molar-refractivity contribution is 0.680. The van der Waals surface area contributed by atoms with Gasteiger partial charge in [-0.2, -0.15) is 0 Å². The predicted molar refractivity (Wildman–Crippen MR) is 108 cm³/mol. The first kappa shape index (κ1) is 19.8. The summed E-state index contributed by atoms with van der Waals surface area (Å²) in [6, 6.07) is 15.2. The lowest BCUT2D eigenvalue weighted by Gasteiger charge is -2.12. The predicted octanol–water partition coefficient (Wildman–Crippen LogP) is 3.61. The highest BCUT2D eigenvalue weighted by molar-refractivity contribution is 7.84. The van der Waals surface area contributed by atoms with Crippen LogP contribution in [0.25, 0.3) is 0 Å². The zero-order valence-electron chi connectivity index (χ0n) is 14.0. The largest absolute Gasteiger partial charge is 0.355 e. The molecule has 0 aliphatic carbocycles. The van der Waals surface area contributed by atoms with Crippen molar-refractivity contribution in [3.63, 3.8) is 0 Å². The van der Waals surface area contributed by atoms with Crippen LogP contribution < -0.4 is 10.6 Å². The first-order chi connectivity index (χ1) is 12.1. The summed E-state index contributed by atoms with van der Waals surface area (Å²) in [5.41, 5.74) is 2.02. The van der Waals surface area contributed by atoms with Crippen LogP contribution in [0.3, 0.4) is 0 Å². The second-order valence-electron chi connectivity index (χ2n) is 5.36. The van der Waals surface area contributed by atoms with Gasteiger partial charge in [-0.3, -0.25) is 9.20 Å². The topological polar surface area (TPSA) is 53.5 Å². The lowest BCUT2D eigenvalue weighted by atomic mass is 10.2. The van der Waals surface area contributed by atoms with Crippen molar-refractivity contribution in [3.05, 3.63) is 69.7 Å². The summed E-state index contributed by atoms with van der Waals surface area (Å²) in [6.45, 7) is 1.11. The maximum atomic E-state index is 12.1. The zero-order valence-corrected chi connectivity index (χ0v) is 16.3. The van der Waals surface area contributed by atoms with Gasteiger partial charge >= 0.3 is 0 Å². The fourth-order valence-corrected chi connectivity index (χ4v) is 3.69. The summed E-state index contributed by atoms with van der Waals surface area (Å²) in [5, 5.41) is 7.56. The highest BCUT2D eigenvalue weighted by atomic mass is 35.5. The molecule has 0 bridgehead atoms. The van der Waals surface area contributed by atoms with Crippen LogP contribution in [0, 0.1) is 0 Å². The molecule has 1 atom stereocenters. The third-order valence-electron chi connectivity index (χ3n) is 3.48. The van der Waals surface area contributed by atoms with Crippen molar-refractivity contribution in [3.8, 4) is 0 Å². The number of aliphatic imine (C=N–C) groups is 1. The molecular formula is C18H21Cl2N3OS. The van der Waals surface area contributed by atoms with Crippen LogP contribution in [-0.4, -0.2) is 29.5 Å². The van der Waals surface area contributed by atoms with Crippen LogP contribution in [-0.2, 0) is 23.1 Å². The summed E-state index contributed by atoms with van der Waals surface area (Å²) >= 11 is 12.0. The summed E-state index contributed by atoms with van der Waals surface area (Å²) in [5.74, 6) is 1.76. The summed E-state index contributed by atoms with van der Waals surface area (Å²) in [7, 11) is 0.778. The van der Waals surface area contributed by atoms with Crippen molar-refractivity contribution in [2.24, 2.45) is 4.99 Å². The highest BCUT2D eigenvalue weighted by Gasteiger charge is 2.05. The van der Waals surface area contributed by atoms with E-state index in [1.807, 2.05) is 36.4 Å². The molecule has 2 N–H and O–H groups in total. The lowest BCUT2D eigenvalue weighted by Crippen LogP contribution is -2.38. The van der Waals surface area contributed by atoms with E-state index >= 15 is 0 Å². The van der Waals surface area contributed by atoms with E-state index < -0.39 is 10.8 Å². The van der Waals surface area contributed by atoms with Gasteiger partial charge in [-0.05, 0) is 23.3 Å². The maximum Gasteiger partial charge on any atom is 0.191 e. The van der Waals surface area contributed by atoms with E-state index in [-0.39, 0.29) is 0 Å². The van der Waals surface area contributed by atoms with E-state index in [1.165, 1.54) is 0 Å². The Labute approximate surface area is 161 Å². The SMILES string of the molecule is CN=C(NCCS(=O)Cc1ccccc1)NCc1ccc(Cl)cc1Cl. The summed E-state index contributed by atoms with van der Waals surface area (Å²) in [6.07, 6.45) is 0. The van der Waals surface area contributed by atoms with Gasteiger partial charge in [0.15, 0.2) is 5.96 Å². The number of nitrogens with one attached hydrogen (secondary N) is 2. The summed E-state index contributed by atoms with van der Waals surface area (Å²) in [4.78, 5) is 4.16. The van der Waals surface area contributed by atoms with Crippen LogP contribution in [0.5, 0.6) is 0 Å². The van der Waals surface area contributed by atoms with E-state index in [2.05, 4.69) is 15.6 Å². The van der Waals surface area contributed by atoms with E-state index in [4.69, 9.17) is 23.2 Å². The van der Waals surface area contributed by atoms with Crippen molar-refractivity contribution in [2.75, 3.05) is 19.3 Å². The molecule has 2 rings (SSSR count). The number of halogens is 2. The highest BCUT2D eigenvalue weighted by Crippen LogP contribution is 2.20. The van der Waals surface area contributed by atoms with Gasteiger partial charge < -0.3 is 10.6 Å². The van der Waals surface area contributed by atoms with Gasteiger partial charge in [0.25, 0.3) is 0 Å². The van der Waals surface area contributed by atoms with Crippen LogP contribution in [0.4, 0.5) is 0 Å². The molecule has 0 aliphatic rings. The first-order valence-electron chi connectivity index (χ1n) is 7.86. The molecule has 7 heteroatoms. The van der Waals surface area contributed by atoms with Crippen molar-refractivity contribution >= 4 is 40.0 Å². The fourth-order valence-electron chi connectivity index (χ4n) is 2.18. The third kappa shape index (κ3) is 7.06. The van der Waals surface area contributed by atoms with Crippen molar-refractivity contribution < 1.29 is 4.21 Å². The van der Waals surface area contributed by atoms with Crippen LogP contribution >= 0.6 is 23.2 Å². The number of hydrogen-bond donors (Lipinski definition) is 2. The Hall–Kier alpha value is -1.56. The molecular weight excluding hydrogens is 377 g/mol. The normalized spacial score (nSPS) is 12.7. The van der Waals surface area contributed by atoms with Crippen LogP contribution in [0.2, 0.25) is 10.0 Å². The molecule has 0 heterocycles. The minimum atomic E-state index is -0.917. The van der Waals surface area contributed by atoms with Gasteiger partial charge in [-0.15, -0.1) is 0 Å². The molecule has 0 spiro atoms. The molecule has 0 radical (unpaired) electrons. The molecule has 0 amide bonds. The van der Waals surface area contributed by atoms with Gasteiger partial charge in [-0.25, -0.2) is 0 Å². The second-order valence-corrected chi connectivity index (χ2v) is 7.78. The van der Waals surface area contributed by atoms with Crippen molar-refractivity contribution in [1.29, 1.82) is 0 Å². The molecule has 0 aliphatic heterocycles. The molecule has 0 saturated heterocycles. The standard InChI is InChI=1S/C18H21Cl2N3OS/c1-21-18(23-12-15-7-8-16(19)11-17(15)20)22-9-10-25(24)13-14-5-3-2-4-6-14/h2-8,11H,9-10,12-13H2,1H3,(H2,21,22,23).